The summed E-state index contributed by atoms with van der Waals surface area (Å²) < 4.78 is 0. The first-order chi connectivity index (χ1) is 16.9. The summed E-state index contributed by atoms with van der Waals surface area (Å²) in [6, 6.07) is 27.5. The van der Waals surface area contributed by atoms with E-state index < -0.39 is 5.41 Å². The van der Waals surface area contributed by atoms with Crippen molar-refractivity contribution in [1.82, 2.24) is 0 Å². The fourth-order valence-corrected chi connectivity index (χ4v) is 4.37. The number of allylic oxidation sites excluding steroid dienone is 5. The molecular weight excluding hydrogens is 432 g/mol. The number of hydrogen-bond donors (Lipinski definition) is 1. The Kier molecular flexibility index (Phi) is 6.49. The van der Waals surface area contributed by atoms with Crippen molar-refractivity contribution in [2.24, 2.45) is 0 Å². The molecule has 35 heavy (non-hydrogen) atoms. The number of benzene rings is 3. The van der Waals surface area contributed by atoms with E-state index in [1.165, 1.54) is 0 Å². The summed E-state index contributed by atoms with van der Waals surface area (Å²) in [6.45, 7) is 4.22. The highest BCUT2D eigenvalue weighted by Crippen LogP contribution is 2.43. The smallest absolute Gasteiger partial charge is 0.193 e. The van der Waals surface area contributed by atoms with Crippen molar-refractivity contribution in [3.05, 3.63) is 136 Å². The first-order valence-electron chi connectivity index (χ1n) is 11.4. The molecule has 3 aromatic carbocycles. The van der Waals surface area contributed by atoms with Crippen LogP contribution in [0.2, 0.25) is 0 Å². The van der Waals surface area contributed by atoms with Gasteiger partial charge in [-0.1, -0.05) is 68.4 Å². The van der Waals surface area contributed by atoms with Crippen molar-refractivity contribution in [3.63, 3.8) is 0 Å². The molecule has 0 bridgehead atoms. The van der Waals surface area contributed by atoms with E-state index in [0.29, 0.717) is 33.4 Å². The van der Waals surface area contributed by atoms with Gasteiger partial charge >= 0.3 is 0 Å². The lowest BCUT2D eigenvalue weighted by Gasteiger charge is -2.29. The molecule has 1 N–H and O–H groups in total. The van der Waals surface area contributed by atoms with Crippen LogP contribution in [-0.4, -0.2) is 10.9 Å². The van der Waals surface area contributed by atoms with E-state index in [0.717, 1.165) is 17.6 Å². The second-order valence-electron chi connectivity index (χ2n) is 8.69. The molecule has 4 heteroatoms. The van der Waals surface area contributed by atoms with Crippen LogP contribution in [0, 0.1) is 22.7 Å². The summed E-state index contributed by atoms with van der Waals surface area (Å²) in [6.07, 6.45) is 4.49. The van der Waals surface area contributed by atoms with Crippen molar-refractivity contribution in [3.8, 4) is 12.1 Å². The van der Waals surface area contributed by atoms with Gasteiger partial charge in [0.25, 0.3) is 0 Å². The minimum absolute atomic E-state index is 0.0698. The van der Waals surface area contributed by atoms with Gasteiger partial charge < -0.3 is 5.11 Å². The molecule has 0 aromatic heterocycles. The number of nitrogens with zero attached hydrogens (tertiary/aromatic N) is 2. The Morgan fingerprint density at radius 2 is 1.46 bits per heavy atom. The van der Waals surface area contributed by atoms with E-state index in [1.807, 2.05) is 30.4 Å². The quantitative estimate of drug-likeness (QED) is 0.326. The molecular formula is C31H24N2O2. The van der Waals surface area contributed by atoms with Gasteiger partial charge in [-0.2, -0.15) is 10.5 Å². The molecule has 4 rings (SSSR count). The van der Waals surface area contributed by atoms with Gasteiger partial charge in [0.2, 0.25) is 0 Å². The van der Waals surface area contributed by atoms with Gasteiger partial charge in [-0.05, 0) is 54.0 Å². The Hall–Kier alpha value is -4.67. The number of carbonyl (C=O) groups excluding carboxylic acids is 1. The zero-order chi connectivity index (χ0) is 25.0. The summed E-state index contributed by atoms with van der Waals surface area (Å²) in [4.78, 5) is 13.7. The van der Waals surface area contributed by atoms with Crippen molar-refractivity contribution < 1.29 is 9.90 Å². The van der Waals surface area contributed by atoms with Crippen LogP contribution in [0.25, 0.3) is 5.76 Å². The number of carbonyl (C=O) groups is 1. The normalized spacial score (nSPS) is 15.8. The molecule has 4 nitrogen and oxygen atoms in total. The third-order valence-electron chi connectivity index (χ3n) is 6.66. The molecule has 170 valence electrons. The second kappa shape index (κ2) is 9.67. The number of ketones is 1. The van der Waals surface area contributed by atoms with Gasteiger partial charge in [0.05, 0.1) is 23.3 Å². The van der Waals surface area contributed by atoms with Gasteiger partial charge in [-0.25, -0.2) is 0 Å². The van der Waals surface area contributed by atoms with Crippen molar-refractivity contribution in [2.75, 3.05) is 0 Å². The van der Waals surface area contributed by atoms with Crippen LogP contribution in [0.1, 0.15) is 52.9 Å². The lowest BCUT2D eigenvalue weighted by molar-refractivity contribution is 0.103. The van der Waals surface area contributed by atoms with Gasteiger partial charge in [-0.3, -0.25) is 4.79 Å². The molecule has 0 saturated carbocycles. The van der Waals surface area contributed by atoms with Crippen LogP contribution in [0.5, 0.6) is 0 Å². The molecule has 1 aliphatic carbocycles. The highest BCUT2D eigenvalue weighted by molar-refractivity contribution is 6.14. The van der Waals surface area contributed by atoms with Crippen LogP contribution in [-0.2, 0) is 5.41 Å². The predicted octanol–water partition coefficient (Wildman–Crippen LogP) is 6.82. The maximum Gasteiger partial charge on any atom is 0.193 e. The third-order valence-corrected chi connectivity index (χ3v) is 6.66. The second-order valence-corrected chi connectivity index (χ2v) is 8.69. The van der Waals surface area contributed by atoms with E-state index in [-0.39, 0.29) is 11.5 Å². The summed E-state index contributed by atoms with van der Waals surface area (Å²) in [7, 11) is 0. The fourth-order valence-electron chi connectivity index (χ4n) is 4.37. The molecule has 0 heterocycles. The minimum Gasteiger partial charge on any atom is -0.507 e. The molecule has 0 radical (unpaired) electrons. The summed E-state index contributed by atoms with van der Waals surface area (Å²) in [5.74, 6) is -0.350. The molecule has 3 aromatic rings. The molecule has 1 unspecified atom stereocenters. The predicted molar refractivity (Wildman–Crippen MR) is 136 cm³/mol. The molecule has 0 fully saturated rings. The molecule has 0 amide bonds. The Morgan fingerprint density at radius 3 is 2.06 bits per heavy atom. The van der Waals surface area contributed by atoms with Crippen molar-refractivity contribution >= 4 is 11.5 Å². The Morgan fingerprint density at radius 1 is 0.857 bits per heavy atom. The van der Waals surface area contributed by atoms with E-state index in [4.69, 9.17) is 0 Å². The molecule has 1 atom stereocenters. The summed E-state index contributed by atoms with van der Waals surface area (Å²) in [5, 5.41) is 29.9. The highest BCUT2D eigenvalue weighted by atomic mass is 16.3. The minimum atomic E-state index is -0.391. The first-order valence-corrected chi connectivity index (χ1v) is 11.4. The van der Waals surface area contributed by atoms with Gasteiger partial charge in [-0.15, -0.1) is 0 Å². The SMILES string of the molecule is CCC(C)(C1=CC(=C(O)c2cccc(C#N)c2)C(C(=O)c2cccc(C#N)c2)=C1)c1ccccc1. The molecule has 0 spiro atoms. The zero-order valence-electron chi connectivity index (χ0n) is 19.6. The lowest BCUT2D eigenvalue weighted by Crippen LogP contribution is -2.22. The van der Waals surface area contributed by atoms with Crippen molar-refractivity contribution in [2.45, 2.75) is 25.7 Å². The molecule has 1 aliphatic rings. The van der Waals surface area contributed by atoms with Crippen LogP contribution in [0.4, 0.5) is 0 Å². The van der Waals surface area contributed by atoms with E-state index in [2.05, 4.69) is 38.1 Å². The van der Waals surface area contributed by atoms with Gasteiger partial charge in [0.1, 0.15) is 5.76 Å². The number of hydrogen-bond acceptors (Lipinski definition) is 4. The van der Waals surface area contributed by atoms with E-state index in [1.54, 1.807) is 48.5 Å². The van der Waals surface area contributed by atoms with Crippen LogP contribution in [0.3, 0.4) is 0 Å². The topological polar surface area (TPSA) is 84.9 Å². The Labute approximate surface area is 205 Å². The largest absolute Gasteiger partial charge is 0.507 e. The van der Waals surface area contributed by atoms with Gasteiger partial charge in [0.15, 0.2) is 5.78 Å². The Bertz CT molecular complexity index is 1480. The number of nitriles is 2. The maximum atomic E-state index is 13.7. The summed E-state index contributed by atoms with van der Waals surface area (Å²) >= 11 is 0. The monoisotopic (exact) mass is 456 g/mol. The number of rotatable bonds is 6. The average Bonchev–Trinajstić information content (AvgIpc) is 3.38. The standard InChI is InChI=1S/C31H24N2O2/c1-3-31(2,25-13-5-4-6-14-25)26-17-27(29(34)23-11-7-9-21(15-23)19-32)28(18-26)30(35)24-12-8-10-22(16-24)20-33/h4-18,34H,3H2,1-2H3. The van der Waals surface area contributed by atoms with E-state index in [9.17, 15) is 20.4 Å². The number of aliphatic hydroxyl groups excluding tert-OH is 1. The van der Waals surface area contributed by atoms with E-state index >= 15 is 0 Å². The molecule has 0 aliphatic heterocycles. The fraction of sp³-hybridized carbons (Fsp3) is 0.129. The van der Waals surface area contributed by atoms with Gasteiger partial charge in [0, 0.05) is 27.7 Å². The van der Waals surface area contributed by atoms with Crippen LogP contribution >= 0.6 is 0 Å². The van der Waals surface area contributed by atoms with Crippen LogP contribution < -0.4 is 0 Å². The Balaban J connectivity index is 1.91. The lowest BCUT2D eigenvalue weighted by atomic mass is 9.74. The van der Waals surface area contributed by atoms with Crippen LogP contribution in [0.15, 0.2) is 108 Å². The summed E-state index contributed by atoms with van der Waals surface area (Å²) in [5.41, 5.74) is 4.01. The third kappa shape index (κ3) is 4.43. The highest BCUT2D eigenvalue weighted by Gasteiger charge is 2.34. The molecule has 0 saturated heterocycles. The maximum absolute atomic E-state index is 13.7. The first kappa shape index (κ1) is 23.5. The zero-order valence-corrected chi connectivity index (χ0v) is 19.6. The van der Waals surface area contributed by atoms with Crippen molar-refractivity contribution in [1.29, 1.82) is 10.5 Å². The number of Topliss-reactive ketones (excluding diaryl/α,β-unsaturated/α-hetero) is 1. The number of aliphatic hydroxyl groups is 1. The average molecular weight is 457 g/mol.